The number of carboxylic acid groups (broad SMARTS) is 1. The summed E-state index contributed by atoms with van der Waals surface area (Å²) in [7, 11) is 0. The average molecular weight is 375 g/mol. The lowest BCUT2D eigenvalue weighted by Crippen LogP contribution is -2.24. The summed E-state index contributed by atoms with van der Waals surface area (Å²) in [5.41, 5.74) is 0.884. The van der Waals surface area contributed by atoms with Gasteiger partial charge in [0.25, 0.3) is 5.91 Å². The van der Waals surface area contributed by atoms with E-state index in [4.69, 9.17) is 16.7 Å². The molecule has 0 fully saturated rings. The maximum absolute atomic E-state index is 12.3. The number of carboxylic acids is 1. The summed E-state index contributed by atoms with van der Waals surface area (Å²) in [6, 6.07) is 6.65. The number of carbonyl (C=O) groups excluding carboxylic acids is 1. The minimum absolute atomic E-state index is 0.00629. The highest BCUT2D eigenvalue weighted by molar-refractivity contribution is 6.31. The molecular weight excluding hydrogens is 360 g/mol. The average Bonchev–Trinajstić information content (AvgIpc) is 3.26. The number of benzene rings is 1. The molecule has 2 heterocycles. The van der Waals surface area contributed by atoms with Gasteiger partial charge in [0.2, 0.25) is 5.95 Å². The number of amides is 1. The quantitative estimate of drug-likeness (QED) is 0.682. The van der Waals surface area contributed by atoms with E-state index in [1.807, 2.05) is 18.2 Å². The largest absolute Gasteiger partial charge is 0.478 e. The van der Waals surface area contributed by atoms with Gasteiger partial charge >= 0.3 is 5.97 Å². The van der Waals surface area contributed by atoms with Crippen molar-refractivity contribution in [1.82, 2.24) is 24.5 Å². The molecule has 9 nitrogen and oxygen atoms in total. The second-order valence-corrected chi connectivity index (χ2v) is 5.94. The number of aromatic nitrogens is 5. The van der Waals surface area contributed by atoms with Gasteiger partial charge in [0.15, 0.2) is 0 Å². The number of aromatic carboxylic acids is 1. The molecule has 10 heteroatoms. The van der Waals surface area contributed by atoms with Crippen molar-refractivity contribution in [2.75, 3.05) is 5.32 Å². The van der Waals surface area contributed by atoms with Gasteiger partial charge in [0, 0.05) is 11.2 Å². The zero-order valence-electron chi connectivity index (χ0n) is 13.7. The zero-order chi connectivity index (χ0) is 18.7. The van der Waals surface area contributed by atoms with Crippen molar-refractivity contribution in [3.63, 3.8) is 0 Å². The molecule has 2 N–H and O–H groups in total. The first-order chi connectivity index (χ1) is 12.4. The lowest BCUT2D eigenvalue weighted by molar-refractivity contribution is -0.119. The second-order valence-electron chi connectivity index (χ2n) is 5.54. The van der Waals surface area contributed by atoms with Gasteiger partial charge in [-0.05, 0) is 18.6 Å². The van der Waals surface area contributed by atoms with Crippen LogP contribution in [0.2, 0.25) is 5.02 Å². The molecule has 0 saturated carbocycles. The number of rotatable bonds is 6. The molecule has 1 atom stereocenters. The summed E-state index contributed by atoms with van der Waals surface area (Å²) >= 11 is 6.12. The predicted octanol–water partition coefficient (Wildman–Crippen LogP) is 2.07. The monoisotopic (exact) mass is 374 g/mol. The van der Waals surface area contributed by atoms with Crippen molar-refractivity contribution in [1.29, 1.82) is 0 Å². The second kappa shape index (κ2) is 7.36. The smallest absolute Gasteiger partial charge is 0.338 e. The van der Waals surface area contributed by atoms with Gasteiger partial charge in [-0.25, -0.2) is 14.5 Å². The molecule has 3 aromatic rings. The Bertz CT molecular complexity index is 951. The van der Waals surface area contributed by atoms with Crippen LogP contribution in [0.25, 0.3) is 0 Å². The maximum Gasteiger partial charge on any atom is 0.338 e. The Morgan fingerprint density at radius 2 is 2.12 bits per heavy atom. The first kappa shape index (κ1) is 17.6. The van der Waals surface area contributed by atoms with Gasteiger partial charge in [-0.3, -0.25) is 14.8 Å². The summed E-state index contributed by atoms with van der Waals surface area (Å²) in [6.07, 6.45) is 3.96. The van der Waals surface area contributed by atoms with E-state index in [0.717, 1.165) is 5.56 Å². The summed E-state index contributed by atoms with van der Waals surface area (Å²) in [5.74, 6) is -1.39. The lowest BCUT2D eigenvalue weighted by atomic mass is 10.2. The van der Waals surface area contributed by atoms with Gasteiger partial charge < -0.3 is 5.11 Å². The Labute approximate surface area is 153 Å². The number of nitrogens with one attached hydrogen (secondary N) is 1. The van der Waals surface area contributed by atoms with Crippen LogP contribution in [0, 0.1) is 0 Å². The topological polar surface area (TPSA) is 115 Å². The zero-order valence-corrected chi connectivity index (χ0v) is 14.5. The number of carbonyl (C=O) groups is 2. The standard InChI is InChI=1S/C16H15ClN6O3/c1-10(23-8-12(6-19-23)15(25)26)14(24)20-16-18-9-22(21-16)7-11-4-2-3-5-13(11)17/h2-6,8-10H,7H2,1H3,(H,25,26)(H,20,21,24). The molecule has 1 unspecified atom stereocenters. The number of nitrogens with zero attached hydrogens (tertiary/aromatic N) is 5. The molecule has 1 aromatic carbocycles. The Hall–Kier alpha value is -3.20. The minimum Gasteiger partial charge on any atom is -0.478 e. The highest BCUT2D eigenvalue weighted by atomic mass is 35.5. The first-order valence-electron chi connectivity index (χ1n) is 7.65. The van der Waals surface area contributed by atoms with E-state index < -0.39 is 17.9 Å². The van der Waals surface area contributed by atoms with Gasteiger partial charge in [-0.15, -0.1) is 5.10 Å². The van der Waals surface area contributed by atoms with Crippen molar-refractivity contribution < 1.29 is 14.7 Å². The number of anilines is 1. The molecule has 0 bridgehead atoms. The summed E-state index contributed by atoms with van der Waals surface area (Å²) < 4.78 is 2.82. The van der Waals surface area contributed by atoms with Crippen LogP contribution in [0.15, 0.2) is 43.0 Å². The molecule has 0 saturated heterocycles. The molecule has 0 aliphatic carbocycles. The van der Waals surface area contributed by atoms with E-state index >= 15 is 0 Å². The van der Waals surface area contributed by atoms with Gasteiger partial charge in [0.1, 0.15) is 12.4 Å². The predicted molar refractivity (Wildman–Crippen MR) is 93.1 cm³/mol. The van der Waals surface area contributed by atoms with Gasteiger partial charge in [0.05, 0.1) is 18.3 Å². The van der Waals surface area contributed by atoms with Crippen LogP contribution in [-0.2, 0) is 11.3 Å². The summed E-state index contributed by atoms with van der Waals surface area (Å²) in [6.45, 7) is 2.01. The van der Waals surface area contributed by atoms with Crippen LogP contribution in [-0.4, -0.2) is 41.5 Å². The fraction of sp³-hybridized carbons (Fsp3) is 0.188. The lowest BCUT2D eigenvalue weighted by Gasteiger charge is -2.10. The summed E-state index contributed by atoms with van der Waals surface area (Å²) in [5, 5.41) is 20.2. The highest BCUT2D eigenvalue weighted by Gasteiger charge is 2.19. The van der Waals surface area contributed by atoms with Crippen LogP contribution in [0.1, 0.15) is 28.9 Å². The van der Waals surface area contributed by atoms with E-state index in [-0.39, 0.29) is 11.5 Å². The molecule has 1 amide bonds. The molecule has 134 valence electrons. The third-order valence-corrected chi connectivity index (χ3v) is 4.06. The molecule has 26 heavy (non-hydrogen) atoms. The Kier molecular flexibility index (Phi) is 4.99. The third-order valence-electron chi connectivity index (χ3n) is 3.69. The van der Waals surface area contributed by atoms with Crippen molar-refractivity contribution >= 4 is 29.4 Å². The van der Waals surface area contributed by atoms with E-state index in [1.165, 1.54) is 23.4 Å². The first-order valence-corrected chi connectivity index (χ1v) is 8.03. The molecular formula is C16H15ClN6O3. The Morgan fingerprint density at radius 3 is 2.81 bits per heavy atom. The SMILES string of the molecule is CC(C(=O)Nc1ncn(Cc2ccccc2Cl)n1)n1cc(C(=O)O)cn1. The molecule has 2 aromatic heterocycles. The minimum atomic E-state index is -1.11. The molecule has 0 spiro atoms. The number of hydrogen-bond acceptors (Lipinski definition) is 5. The van der Waals surface area contributed by atoms with Crippen LogP contribution >= 0.6 is 11.6 Å². The maximum atomic E-state index is 12.3. The Morgan fingerprint density at radius 1 is 1.35 bits per heavy atom. The summed E-state index contributed by atoms with van der Waals surface area (Å²) in [4.78, 5) is 27.2. The number of halogens is 1. The highest BCUT2D eigenvalue weighted by Crippen LogP contribution is 2.16. The fourth-order valence-corrected chi connectivity index (χ4v) is 2.42. The molecule has 0 aliphatic heterocycles. The van der Waals surface area contributed by atoms with E-state index in [1.54, 1.807) is 17.7 Å². The normalized spacial score (nSPS) is 11.9. The van der Waals surface area contributed by atoms with Crippen LogP contribution < -0.4 is 5.32 Å². The van der Waals surface area contributed by atoms with Crippen molar-refractivity contribution in [3.05, 3.63) is 59.1 Å². The Balaban J connectivity index is 1.65. The number of hydrogen-bond donors (Lipinski definition) is 2. The van der Waals surface area contributed by atoms with E-state index in [2.05, 4.69) is 20.5 Å². The van der Waals surface area contributed by atoms with Crippen molar-refractivity contribution in [3.8, 4) is 0 Å². The van der Waals surface area contributed by atoms with Crippen LogP contribution in [0.4, 0.5) is 5.95 Å². The molecule has 0 aliphatic rings. The van der Waals surface area contributed by atoms with E-state index in [9.17, 15) is 9.59 Å². The van der Waals surface area contributed by atoms with Gasteiger partial charge in [-0.1, -0.05) is 29.8 Å². The molecule has 3 rings (SSSR count). The van der Waals surface area contributed by atoms with Crippen LogP contribution in [0.3, 0.4) is 0 Å². The van der Waals surface area contributed by atoms with Crippen molar-refractivity contribution in [2.24, 2.45) is 0 Å². The fourth-order valence-electron chi connectivity index (χ4n) is 2.22. The molecule has 0 radical (unpaired) electrons. The van der Waals surface area contributed by atoms with E-state index in [0.29, 0.717) is 11.6 Å². The van der Waals surface area contributed by atoms with Crippen molar-refractivity contribution in [2.45, 2.75) is 19.5 Å². The van der Waals surface area contributed by atoms with Gasteiger partial charge in [-0.2, -0.15) is 5.10 Å². The van der Waals surface area contributed by atoms with Crippen LogP contribution in [0.5, 0.6) is 0 Å². The third kappa shape index (κ3) is 3.89.